The molecule has 1 amide bonds. The van der Waals surface area contributed by atoms with Crippen molar-refractivity contribution < 1.29 is 14.3 Å². The molecule has 0 saturated heterocycles. The normalized spacial score (nSPS) is 10.1. The van der Waals surface area contributed by atoms with E-state index in [4.69, 9.17) is 9.47 Å². The number of nitrogens with one attached hydrogen (secondary N) is 1. The van der Waals surface area contributed by atoms with Crippen LogP contribution in [0.5, 0.6) is 17.4 Å². The van der Waals surface area contributed by atoms with Gasteiger partial charge in [0, 0.05) is 18.8 Å². The second-order valence-corrected chi connectivity index (χ2v) is 5.30. The van der Waals surface area contributed by atoms with E-state index < -0.39 is 0 Å². The summed E-state index contributed by atoms with van der Waals surface area (Å²) < 4.78 is 10.9. The lowest BCUT2D eigenvalue weighted by Gasteiger charge is -2.10. The maximum absolute atomic E-state index is 12.3. The second kappa shape index (κ2) is 7.97. The molecule has 0 spiro atoms. The number of methoxy groups -OCH3 is 1. The Bertz CT molecular complexity index is 850. The molecule has 0 aliphatic heterocycles. The lowest BCUT2D eigenvalue weighted by atomic mass is 10.2. The first-order valence-electron chi connectivity index (χ1n) is 7.85. The molecule has 1 N–H and O–H groups in total. The predicted octanol–water partition coefficient (Wildman–Crippen LogP) is 3.81. The lowest BCUT2D eigenvalue weighted by molar-refractivity contribution is 0.0948. The molecule has 0 aliphatic carbocycles. The molecule has 0 unspecified atom stereocenters. The van der Waals surface area contributed by atoms with Crippen molar-refractivity contribution in [1.82, 2.24) is 10.3 Å². The van der Waals surface area contributed by atoms with Crippen molar-refractivity contribution in [2.75, 3.05) is 7.11 Å². The molecular formula is C20H18N2O3. The van der Waals surface area contributed by atoms with E-state index in [-0.39, 0.29) is 5.91 Å². The molecule has 0 atom stereocenters. The van der Waals surface area contributed by atoms with Crippen molar-refractivity contribution in [1.29, 1.82) is 0 Å². The summed E-state index contributed by atoms with van der Waals surface area (Å²) in [4.78, 5) is 16.5. The zero-order valence-corrected chi connectivity index (χ0v) is 13.8. The summed E-state index contributed by atoms with van der Waals surface area (Å²) in [5, 5.41) is 2.88. The molecule has 5 nitrogen and oxygen atoms in total. The van der Waals surface area contributed by atoms with Gasteiger partial charge in [0.1, 0.15) is 11.5 Å². The first-order chi connectivity index (χ1) is 12.3. The maximum atomic E-state index is 12.3. The Balaban J connectivity index is 1.65. The van der Waals surface area contributed by atoms with E-state index in [1.54, 1.807) is 37.6 Å². The summed E-state index contributed by atoms with van der Waals surface area (Å²) in [6.07, 6.45) is 1.66. The third-order valence-electron chi connectivity index (χ3n) is 3.57. The zero-order valence-electron chi connectivity index (χ0n) is 13.8. The van der Waals surface area contributed by atoms with Crippen LogP contribution in [0, 0.1) is 0 Å². The number of para-hydroxylation sites is 2. The van der Waals surface area contributed by atoms with Gasteiger partial charge in [-0.1, -0.05) is 30.3 Å². The summed E-state index contributed by atoms with van der Waals surface area (Å²) in [6.45, 7) is 0.366. The number of hydrogen-bond donors (Lipinski definition) is 1. The van der Waals surface area contributed by atoms with Crippen LogP contribution in [0.1, 0.15) is 15.9 Å². The second-order valence-electron chi connectivity index (χ2n) is 5.30. The smallest absolute Gasteiger partial charge is 0.255 e. The lowest BCUT2D eigenvalue weighted by Crippen LogP contribution is -2.23. The van der Waals surface area contributed by atoms with Gasteiger partial charge >= 0.3 is 0 Å². The number of amides is 1. The molecule has 0 radical (unpaired) electrons. The molecule has 25 heavy (non-hydrogen) atoms. The van der Waals surface area contributed by atoms with E-state index in [2.05, 4.69) is 10.3 Å². The zero-order chi connectivity index (χ0) is 17.5. The van der Waals surface area contributed by atoms with Crippen LogP contribution < -0.4 is 14.8 Å². The average Bonchev–Trinajstić information content (AvgIpc) is 2.67. The first-order valence-corrected chi connectivity index (χ1v) is 7.85. The molecule has 126 valence electrons. The highest BCUT2D eigenvalue weighted by Crippen LogP contribution is 2.20. The molecule has 5 heteroatoms. The molecule has 1 heterocycles. The minimum Gasteiger partial charge on any atom is -0.496 e. The Morgan fingerprint density at radius 3 is 2.60 bits per heavy atom. The van der Waals surface area contributed by atoms with Gasteiger partial charge in [-0.2, -0.15) is 0 Å². The number of pyridine rings is 1. The van der Waals surface area contributed by atoms with Gasteiger partial charge in [0.15, 0.2) is 0 Å². The van der Waals surface area contributed by atoms with Crippen molar-refractivity contribution in [2.45, 2.75) is 6.54 Å². The Morgan fingerprint density at radius 1 is 1.04 bits per heavy atom. The monoisotopic (exact) mass is 334 g/mol. The number of carbonyl (C=O) groups excluding carboxylic acids is 1. The molecule has 0 saturated carbocycles. The Labute approximate surface area is 146 Å². The SMILES string of the molecule is COc1ccccc1C(=O)NCc1ccnc(Oc2ccccc2)c1. The third-order valence-corrected chi connectivity index (χ3v) is 3.57. The van der Waals surface area contributed by atoms with Crippen molar-refractivity contribution in [3.05, 3.63) is 84.1 Å². The van der Waals surface area contributed by atoms with Gasteiger partial charge in [0.2, 0.25) is 5.88 Å². The molecule has 1 aromatic heterocycles. The average molecular weight is 334 g/mol. The molecule has 0 fully saturated rings. The Morgan fingerprint density at radius 2 is 1.80 bits per heavy atom. The van der Waals surface area contributed by atoms with Crippen LogP contribution in [-0.4, -0.2) is 18.0 Å². The number of hydrogen-bond acceptors (Lipinski definition) is 4. The fourth-order valence-corrected chi connectivity index (χ4v) is 2.34. The molecule has 0 bridgehead atoms. The Kier molecular flexibility index (Phi) is 5.26. The van der Waals surface area contributed by atoms with Gasteiger partial charge in [-0.05, 0) is 35.9 Å². The number of carbonyl (C=O) groups is 1. The van der Waals surface area contributed by atoms with Gasteiger partial charge < -0.3 is 14.8 Å². The number of rotatable bonds is 6. The summed E-state index contributed by atoms with van der Waals surface area (Å²) in [5.74, 6) is 1.54. The summed E-state index contributed by atoms with van der Waals surface area (Å²) in [6, 6.07) is 20.2. The summed E-state index contributed by atoms with van der Waals surface area (Å²) >= 11 is 0. The highest BCUT2D eigenvalue weighted by Gasteiger charge is 2.11. The van der Waals surface area contributed by atoms with E-state index in [9.17, 15) is 4.79 Å². The van der Waals surface area contributed by atoms with Crippen molar-refractivity contribution in [3.8, 4) is 17.4 Å². The van der Waals surface area contributed by atoms with E-state index in [1.165, 1.54) is 0 Å². The van der Waals surface area contributed by atoms with Crippen LogP contribution in [0.25, 0.3) is 0 Å². The van der Waals surface area contributed by atoms with Crippen LogP contribution in [0.4, 0.5) is 0 Å². The van der Waals surface area contributed by atoms with Crippen molar-refractivity contribution in [2.24, 2.45) is 0 Å². The van der Waals surface area contributed by atoms with Gasteiger partial charge in [0.25, 0.3) is 5.91 Å². The minimum atomic E-state index is -0.195. The fourth-order valence-electron chi connectivity index (χ4n) is 2.34. The topological polar surface area (TPSA) is 60.5 Å². The maximum Gasteiger partial charge on any atom is 0.255 e. The number of nitrogens with zero attached hydrogens (tertiary/aromatic N) is 1. The third kappa shape index (κ3) is 4.35. The fraction of sp³-hybridized carbons (Fsp3) is 0.100. The summed E-state index contributed by atoms with van der Waals surface area (Å²) in [7, 11) is 1.54. The molecule has 2 aromatic carbocycles. The van der Waals surface area contributed by atoms with E-state index in [1.807, 2.05) is 42.5 Å². The van der Waals surface area contributed by atoms with E-state index in [0.717, 1.165) is 5.56 Å². The summed E-state index contributed by atoms with van der Waals surface area (Å²) in [5.41, 5.74) is 1.39. The van der Waals surface area contributed by atoms with Crippen LogP contribution in [0.2, 0.25) is 0 Å². The van der Waals surface area contributed by atoms with E-state index in [0.29, 0.717) is 29.5 Å². The number of ether oxygens (including phenoxy) is 2. The molecule has 3 rings (SSSR count). The van der Waals surface area contributed by atoms with Crippen molar-refractivity contribution >= 4 is 5.91 Å². The van der Waals surface area contributed by atoms with Gasteiger partial charge in [-0.15, -0.1) is 0 Å². The molecule has 0 aliphatic rings. The highest BCUT2D eigenvalue weighted by molar-refractivity contribution is 5.96. The van der Waals surface area contributed by atoms with Crippen LogP contribution in [0.3, 0.4) is 0 Å². The van der Waals surface area contributed by atoms with Gasteiger partial charge in [-0.3, -0.25) is 4.79 Å². The van der Waals surface area contributed by atoms with Crippen LogP contribution in [-0.2, 0) is 6.54 Å². The predicted molar refractivity (Wildman–Crippen MR) is 94.9 cm³/mol. The van der Waals surface area contributed by atoms with Gasteiger partial charge in [-0.25, -0.2) is 4.98 Å². The standard InChI is InChI=1S/C20H18N2O3/c1-24-18-10-6-5-9-17(18)20(23)22-14-15-11-12-21-19(13-15)25-16-7-3-2-4-8-16/h2-13H,14H2,1H3,(H,22,23). The number of aromatic nitrogens is 1. The molecule has 3 aromatic rings. The van der Waals surface area contributed by atoms with E-state index >= 15 is 0 Å². The highest BCUT2D eigenvalue weighted by atomic mass is 16.5. The minimum absolute atomic E-state index is 0.195. The number of benzene rings is 2. The van der Waals surface area contributed by atoms with Crippen LogP contribution >= 0.6 is 0 Å². The largest absolute Gasteiger partial charge is 0.496 e. The van der Waals surface area contributed by atoms with Crippen LogP contribution in [0.15, 0.2) is 72.9 Å². The van der Waals surface area contributed by atoms with Gasteiger partial charge in [0.05, 0.1) is 12.7 Å². The first kappa shape index (κ1) is 16.5. The quantitative estimate of drug-likeness (QED) is 0.744. The Hall–Kier alpha value is -3.34. The molecular weight excluding hydrogens is 316 g/mol. The van der Waals surface area contributed by atoms with Crippen molar-refractivity contribution in [3.63, 3.8) is 0 Å².